The molecule has 0 aromatic heterocycles. The molecule has 2 saturated heterocycles. The fourth-order valence-corrected chi connectivity index (χ4v) is 3.31. The highest BCUT2D eigenvalue weighted by Crippen LogP contribution is 2.21. The van der Waals surface area contributed by atoms with Crippen molar-refractivity contribution in [3.63, 3.8) is 0 Å². The molecule has 3 unspecified atom stereocenters. The number of rotatable bonds is 6. The van der Waals surface area contributed by atoms with Crippen molar-refractivity contribution in [2.24, 2.45) is 5.92 Å². The van der Waals surface area contributed by atoms with Crippen LogP contribution in [0.4, 0.5) is 0 Å². The molecule has 3 atom stereocenters. The minimum absolute atomic E-state index is 0.0348. The van der Waals surface area contributed by atoms with E-state index in [2.05, 4.69) is 37.9 Å². The smallest absolute Gasteiger partial charge is 0.241 e. The molecular weight excluding hydrogens is 266 g/mol. The second-order valence-corrected chi connectivity index (χ2v) is 6.57. The normalized spacial score (nSPS) is 31.4. The summed E-state index contributed by atoms with van der Waals surface area (Å²) in [5, 5.41) is 3.51. The minimum Gasteiger partial charge on any atom is -0.374 e. The molecule has 0 aliphatic carbocycles. The monoisotopic (exact) mass is 297 g/mol. The molecule has 5 heteroatoms. The Bertz CT molecular complexity index is 348. The summed E-state index contributed by atoms with van der Waals surface area (Å²) in [6.45, 7) is 13.1. The maximum absolute atomic E-state index is 12.7. The molecule has 0 spiro atoms. The summed E-state index contributed by atoms with van der Waals surface area (Å²) in [6, 6.07) is -0.0348. The molecule has 0 aromatic rings. The molecule has 122 valence electrons. The Balaban J connectivity index is 1.99. The standard InChI is InChI=1S/C16H31N3O2/c1-5-7-14-17-15(12(3)4)16(20)19(14)11-13-10-18(6-2)8-9-21-13/h12-15,17H,5-11H2,1-4H3. The Labute approximate surface area is 129 Å². The highest BCUT2D eigenvalue weighted by Gasteiger charge is 2.41. The summed E-state index contributed by atoms with van der Waals surface area (Å²) in [5.41, 5.74) is 0. The Morgan fingerprint density at radius 2 is 2.14 bits per heavy atom. The van der Waals surface area contributed by atoms with E-state index in [4.69, 9.17) is 4.74 Å². The van der Waals surface area contributed by atoms with Gasteiger partial charge in [-0.2, -0.15) is 0 Å². The number of hydrogen-bond acceptors (Lipinski definition) is 4. The van der Waals surface area contributed by atoms with Gasteiger partial charge in [0.25, 0.3) is 0 Å². The molecule has 2 aliphatic rings. The van der Waals surface area contributed by atoms with E-state index in [1.54, 1.807) is 0 Å². The van der Waals surface area contributed by atoms with E-state index < -0.39 is 0 Å². The maximum Gasteiger partial charge on any atom is 0.241 e. The fourth-order valence-electron chi connectivity index (χ4n) is 3.31. The lowest BCUT2D eigenvalue weighted by molar-refractivity contribution is -0.134. The van der Waals surface area contributed by atoms with Crippen LogP contribution in [0.2, 0.25) is 0 Å². The quantitative estimate of drug-likeness (QED) is 0.802. The summed E-state index contributed by atoms with van der Waals surface area (Å²) >= 11 is 0. The number of morpholine rings is 1. The van der Waals surface area contributed by atoms with Crippen molar-refractivity contribution in [3.8, 4) is 0 Å². The number of likely N-dealkylation sites (N-methyl/N-ethyl adjacent to an activating group) is 1. The van der Waals surface area contributed by atoms with Gasteiger partial charge in [-0.05, 0) is 18.9 Å². The first-order valence-electron chi connectivity index (χ1n) is 8.47. The van der Waals surface area contributed by atoms with Crippen LogP contribution < -0.4 is 5.32 Å². The van der Waals surface area contributed by atoms with Gasteiger partial charge in [0.2, 0.25) is 5.91 Å². The summed E-state index contributed by atoms with van der Waals surface area (Å²) in [7, 11) is 0. The highest BCUT2D eigenvalue weighted by atomic mass is 16.5. The Morgan fingerprint density at radius 1 is 1.38 bits per heavy atom. The third-order valence-corrected chi connectivity index (χ3v) is 4.60. The maximum atomic E-state index is 12.7. The Morgan fingerprint density at radius 3 is 2.76 bits per heavy atom. The number of carbonyl (C=O) groups excluding carboxylic acids is 1. The van der Waals surface area contributed by atoms with Crippen LogP contribution in [0.5, 0.6) is 0 Å². The first-order valence-corrected chi connectivity index (χ1v) is 8.47. The van der Waals surface area contributed by atoms with Gasteiger partial charge in [-0.1, -0.05) is 34.1 Å². The van der Waals surface area contributed by atoms with E-state index in [1.807, 2.05) is 4.90 Å². The fraction of sp³-hybridized carbons (Fsp3) is 0.938. The first-order chi connectivity index (χ1) is 10.1. The molecular formula is C16H31N3O2. The number of hydrogen-bond donors (Lipinski definition) is 1. The van der Waals surface area contributed by atoms with Crippen molar-refractivity contribution in [2.75, 3.05) is 32.8 Å². The van der Waals surface area contributed by atoms with Crippen molar-refractivity contribution in [1.29, 1.82) is 0 Å². The second kappa shape index (κ2) is 7.56. The van der Waals surface area contributed by atoms with E-state index in [0.717, 1.165) is 45.6 Å². The van der Waals surface area contributed by atoms with Crippen molar-refractivity contribution in [1.82, 2.24) is 15.1 Å². The molecule has 5 nitrogen and oxygen atoms in total. The lowest BCUT2D eigenvalue weighted by atomic mass is 10.0. The van der Waals surface area contributed by atoms with Crippen LogP contribution in [0.25, 0.3) is 0 Å². The molecule has 0 saturated carbocycles. The van der Waals surface area contributed by atoms with E-state index >= 15 is 0 Å². The average molecular weight is 297 g/mol. The lowest BCUT2D eigenvalue weighted by Crippen LogP contribution is -2.50. The van der Waals surface area contributed by atoms with Crippen LogP contribution in [-0.2, 0) is 9.53 Å². The van der Waals surface area contributed by atoms with Gasteiger partial charge in [-0.25, -0.2) is 0 Å². The molecule has 2 rings (SSSR count). The van der Waals surface area contributed by atoms with Gasteiger partial charge < -0.3 is 9.64 Å². The largest absolute Gasteiger partial charge is 0.374 e. The summed E-state index contributed by atoms with van der Waals surface area (Å²) in [4.78, 5) is 17.1. The SMILES string of the molecule is CCCC1NC(C(C)C)C(=O)N1CC1CN(CC)CCO1. The van der Waals surface area contributed by atoms with Gasteiger partial charge in [0.15, 0.2) is 0 Å². The summed E-state index contributed by atoms with van der Waals surface area (Å²) in [5.74, 6) is 0.585. The zero-order chi connectivity index (χ0) is 15.4. The van der Waals surface area contributed by atoms with E-state index in [-0.39, 0.29) is 24.2 Å². The van der Waals surface area contributed by atoms with Gasteiger partial charge in [0.05, 0.1) is 24.9 Å². The third-order valence-electron chi connectivity index (χ3n) is 4.60. The molecule has 2 fully saturated rings. The molecule has 2 aliphatic heterocycles. The number of ether oxygens (including phenoxy) is 1. The van der Waals surface area contributed by atoms with Crippen LogP contribution >= 0.6 is 0 Å². The molecule has 1 amide bonds. The van der Waals surface area contributed by atoms with Crippen LogP contribution in [-0.4, -0.2) is 66.8 Å². The number of carbonyl (C=O) groups is 1. The van der Waals surface area contributed by atoms with Crippen molar-refractivity contribution in [2.45, 2.75) is 58.8 Å². The van der Waals surface area contributed by atoms with Gasteiger partial charge >= 0.3 is 0 Å². The predicted molar refractivity (Wildman–Crippen MR) is 84.0 cm³/mol. The van der Waals surface area contributed by atoms with Gasteiger partial charge in [-0.3, -0.25) is 15.0 Å². The van der Waals surface area contributed by atoms with Crippen LogP contribution in [0.15, 0.2) is 0 Å². The van der Waals surface area contributed by atoms with E-state index in [1.165, 1.54) is 0 Å². The minimum atomic E-state index is -0.0348. The highest BCUT2D eigenvalue weighted by molar-refractivity contribution is 5.84. The molecule has 0 radical (unpaired) electrons. The van der Waals surface area contributed by atoms with Gasteiger partial charge in [-0.15, -0.1) is 0 Å². The Hall–Kier alpha value is -0.650. The summed E-state index contributed by atoms with van der Waals surface area (Å²) in [6.07, 6.45) is 2.42. The first kappa shape index (κ1) is 16.7. The second-order valence-electron chi connectivity index (χ2n) is 6.57. The zero-order valence-electron chi connectivity index (χ0n) is 14.0. The van der Waals surface area contributed by atoms with Crippen molar-refractivity contribution in [3.05, 3.63) is 0 Å². The summed E-state index contributed by atoms with van der Waals surface area (Å²) < 4.78 is 5.88. The predicted octanol–water partition coefficient (Wildman–Crippen LogP) is 1.29. The van der Waals surface area contributed by atoms with Crippen molar-refractivity contribution < 1.29 is 9.53 Å². The van der Waals surface area contributed by atoms with Gasteiger partial charge in [0, 0.05) is 19.6 Å². The molecule has 0 bridgehead atoms. The molecule has 21 heavy (non-hydrogen) atoms. The zero-order valence-corrected chi connectivity index (χ0v) is 14.0. The Kier molecular flexibility index (Phi) is 6.02. The average Bonchev–Trinajstić information content (AvgIpc) is 2.77. The van der Waals surface area contributed by atoms with Crippen molar-refractivity contribution >= 4 is 5.91 Å². The van der Waals surface area contributed by atoms with E-state index in [0.29, 0.717) is 5.92 Å². The van der Waals surface area contributed by atoms with Crippen LogP contribution in [0, 0.1) is 5.92 Å². The number of nitrogens with one attached hydrogen (secondary N) is 1. The van der Waals surface area contributed by atoms with Crippen LogP contribution in [0.3, 0.4) is 0 Å². The van der Waals surface area contributed by atoms with E-state index in [9.17, 15) is 4.79 Å². The lowest BCUT2D eigenvalue weighted by Gasteiger charge is -2.35. The number of amides is 1. The molecule has 2 heterocycles. The molecule has 0 aromatic carbocycles. The van der Waals surface area contributed by atoms with Crippen LogP contribution in [0.1, 0.15) is 40.5 Å². The topological polar surface area (TPSA) is 44.8 Å². The number of nitrogens with zero attached hydrogens (tertiary/aromatic N) is 2. The third kappa shape index (κ3) is 3.96. The van der Waals surface area contributed by atoms with Gasteiger partial charge in [0.1, 0.15) is 0 Å². The molecule has 1 N–H and O–H groups in total.